The number of amides is 4. The molecule has 2 aliphatic heterocycles. The molecule has 318 valence electrons. The van der Waals surface area contributed by atoms with E-state index in [1.165, 1.54) is 16.2 Å². The predicted molar refractivity (Wildman–Crippen MR) is 221 cm³/mol. The predicted octanol–water partition coefficient (Wildman–Crippen LogP) is 4.70. The number of hydrogen-bond acceptors (Lipinski definition) is 12. The van der Waals surface area contributed by atoms with Gasteiger partial charge in [0, 0.05) is 41.3 Å². The molecule has 15 nitrogen and oxygen atoms in total. The number of hydrogen-bond donors (Lipinski definition) is 3. The van der Waals surface area contributed by atoms with Crippen LogP contribution in [0.25, 0.3) is 10.9 Å². The van der Waals surface area contributed by atoms with Crippen LogP contribution in [0.4, 0.5) is 0 Å². The van der Waals surface area contributed by atoms with Crippen molar-refractivity contribution >= 4 is 55.9 Å². The molecular formula is C42H53N5O10S2. The minimum atomic E-state index is -3.91. The summed E-state index contributed by atoms with van der Waals surface area (Å²) in [7, 11) is -0.755. The van der Waals surface area contributed by atoms with E-state index in [1.54, 1.807) is 26.4 Å². The normalized spacial score (nSPS) is 25.0. The van der Waals surface area contributed by atoms with Gasteiger partial charge >= 0.3 is 0 Å². The molecule has 7 rings (SSSR count). The van der Waals surface area contributed by atoms with Crippen LogP contribution >= 0.6 is 11.3 Å². The second kappa shape index (κ2) is 17.5. The molecule has 17 heteroatoms. The molecule has 4 aliphatic rings. The maximum atomic E-state index is 14.8. The molecule has 5 atom stereocenters. The Labute approximate surface area is 348 Å². The lowest BCUT2D eigenvalue weighted by Crippen LogP contribution is -2.58. The number of carbonyl (C=O) groups excluding carboxylic acids is 4. The fraction of sp³-hybridized carbons (Fsp3) is 0.548. The molecule has 59 heavy (non-hydrogen) atoms. The lowest BCUT2D eigenvalue weighted by molar-refractivity contribution is -0.141. The molecule has 4 amide bonds. The Balaban J connectivity index is 1.22. The van der Waals surface area contributed by atoms with Crippen LogP contribution in [0.15, 0.2) is 42.5 Å². The van der Waals surface area contributed by atoms with Gasteiger partial charge in [-0.3, -0.25) is 23.9 Å². The van der Waals surface area contributed by atoms with Crippen LogP contribution in [0.5, 0.6) is 17.4 Å². The van der Waals surface area contributed by atoms with Gasteiger partial charge in [0.05, 0.1) is 42.0 Å². The van der Waals surface area contributed by atoms with Gasteiger partial charge in [0.25, 0.3) is 11.8 Å². The number of sulfonamides is 1. The molecule has 1 aromatic carbocycles. The third kappa shape index (κ3) is 9.36. The van der Waals surface area contributed by atoms with Crippen molar-refractivity contribution in [2.75, 3.05) is 20.8 Å². The van der Waals surface area contributed by atoms with Gasteiger partial charge in [-0.25, -0.2) is 13.4 Å². The number of aryl methyl sites for hydroxylation is 1. The quantitative estimate of drug-likeness (QED) is 0.214. The van der Waals surface area contributed by atoms with E-state index in [9.17, 15) is 27.6 Å². The second-order valence-corrected chi connectivity index (χ2v) is 19.3. The Morgan fingerprint density at radius 1 is 1.07 bits per heavy atom. The maximum absolute atomic E-state index is 14.8. The maximum Gasteiger partial charge on any atom is 0.262 e. The molecule has 4 heterocycles. The molecular weight excluding hydrogens is 799 g/mol. The summed E-state index contributed by atoms with van der Waals surface area (Å²) in [4.78, 5) is 64.4. The number of thiophene rings is 1. The number of nitrogens with zero attached hydrogens (tertiary/aromatic N) is 2. The lowest BCUT2D eigenvalue weighted by Gasteiger charge is -2.30. The number of ether oxygens (including phenoxy) is 4. The summed E-state index contributed by atoms with van der Waals surface area (Å²) in [5, 5.41) is 5.91. The molecule has 2 saturated carbocycles. The average Bonchev–Trinajstić information content (AvgIpc) is 4.07. The van der Waals surface area contributed by atoms with E-state index in [0.717, 1.165) is 23.3 Å². The van der Waals surface area contributed by atoms with Crippen molar-refractivity contribution in [1.82, 2.24) is 25.2 Å². The van der Waals surface area contributed by atoms with Crippen LogP contribution in [-0.4, -0.2) is 97.8 Å². The topological polar surface area (TPSA) is 192 Å². The van der Waals surface area contributed by atoms with E-state index in [0.29, 0.717) is 71.9 Å². The van der Waals surface area contributed by atoms with Gasteiger partial charge in [-0.2, -0.15) is 0 Å². The van der Waals surface area contributed by atoms with Crippen LogP contribution in [0.1, 0.15) is 91.7 Å². The van der Waals surface area contributed by atoms with Gasteiger partial charge in [0.2, 0.25) is 27.7 Å². The minimum Gasteiger partial charge on any atom is -0.496 e. The van der Waals surface area contributed by atoms with E-state index < -0.39 is 68.5 Å². The first-order chi connectivity index (χ1) is 28.2. The molecule has 2 aromatic heterocycles. The zero-order valence-electron chi connectivity index (χ0n) is 34.1. The van der Waals surface area contributed by atoms with E-state index in [-0.39, 0.29) is 25.5 Å². The Bertz CT molecular complexity index is 2240. The SMILES string of the molecule is COCc1ccc(C(=O)N[C@H]2CCCCCC=C[C@@H]3C[C@@]3(C(=O)NS(=O)(=O)C3CC3)NC(=O)[C@@H]3C[C@@H](Oc4cc(OC(C)C)nc5c(C)c(OC)ccc45)CN3C2=O)s1. The number of pyridine rings is 1. The molecule has 0 spiro atoms. The van der Waals surface area contributed by atoms with Crippen molar-refractivity contribution in [3.63, 3.8) is 0 Å². The third-order valence-corrected chi connectivity index (χ3v) is 14.2. The molecule has 0 bridgehead atoms. The average molecular weight is 852 g/mol. The summed E-state index contributed by atoms with van der Waals surface area (Å²) in [6.45, 7) is 5.99. The molecule has 1 saturated heterocycles. The largest absolute Gasteiger partial charge is 0.496 e. The first kappa shape index (κ1) is 42.4. The van der Waals surface area contributed by atoms with Crippen molar-refractivity contribution < 1.29 is 46.5 Å². The third-order valence-electron chi connectivity index (χ3n) is 11.3. The van der Waals surface area contributed by atoms with Crippen molar-refractivity contribution in [3.05, 3.63) is 57.8 Å². The van der Waals surface area contributed by atoms with Crippen molar-refractivity contribution in [2.24, 2.45) is 5.92 Å². The van der Waals surface area contributed by atoms with Gasteiger partial charge in [0.15, 0.2) is 0 Å². The van der Waals surface area contributed by atoms with Crippen LogP contribution in [-0.2, 0) is 35.8 Å². The van der Waals surface area contributed by atoms with Gasteiger partial charge in [-0.05, 0) is 83.6 Å². The Kier molecular flexibility index (Phi) is 12.5. The Morgan fingerprint density at radius 3 is 2.59 bits per heavy atom. The number of nitrogens with one attached hydrogen (secondary N) is 3. The molecule has 3 aromatic rings. The number of allylic oxidation sites excluding steroid dienone is 1. The summed E-state index contributed by atoms with van der Waals surface area (Å²) < 4.78 is 51.6. The summed E-state index contributed by atoms with van der Waals surface area (Å²) >= 11 is 1.27. The highest BCUT2D eigenvalue weighted by Gasteiger charge is 2.62. The van der Waals surface area contributed by atoms with E-state index >= 15 is 0 Å². The summed E-state index contributed by atoms with van der Waals surface area (Å²) in [6.07, 6.45) is 7.33. The first-order valence-corrected chi connectivity index (χ1v) is 22.6. The first-order valence-electron chi connectivity index (χ1n) is 20.3. The Morgan fingerprint density at radius 2 is 1.86 bits per heavy atom. The standard InChI is InChI=1S/C42H53N5O10S2/c1-24(2)56-36-20-34(30-16-17-33(55-5)25(3)37(30)44-36)57-27-19-32-38(48)45-42(41(51)46-59(52,53)29-14-15-29)21-26(42)11-9-7-6-8-10-12-31(40(50)47(32)22-27)43-39(49)35-18-13-28(58-35)23-54-4/h9,11,13,16-18,20,24,26-27,29,31-32H,6-8,10,12,14-15,19,21-23H2,1-5H3,(H,43,49)(H,45,48)(H,46,51)/t26-,27-,31+,32+,42-/m1/s1. The summed E-state index contributed by atoms with van der Waals surface area (Å²) in [5.74, 6) is -1.33. The highest BCUT2D eigenvalue weighted by molar-refractivity contribution is 7.91. The highest BCUT2D eigenvalue weighted by Crippen LogP contribution is 2.46. The number of fused-ring (bicyclic) bond motifs is 3. The second-order valence-electron chi connectivity index (χ2n) is 16.1. The van der Waals surface area contributed by atoms with Crippen LogP contribution in [0.2, 0.25) is 0 Å². The fourth-order valence-electron chi connectivity index (χ4n) is 7.95. The van der Waals surface area contributed by atoms with Gasteiger partial charge in [-0.15, -0.1) is 11.3 Å². The van der Waals surface area contributed by atoms with Gasteiger partial charge in [-0.1, -0.05) is 25.0 Å². The number of carbonyl (C=O) groups is 4. The van der Waals surface area contributed by atoms with E-state index in [4.69, 9.17) is 23.9 Å². The molecule has 2 aliphatic carbocycles. The van der Waals surface area contributed by atoms with Crippen LogP contribution < -0.4 is 29.6 Å². The molecule has 0 radical (unpaired) electrons. The van der Waals surface area contributed by atoms with Crippen LogP contribution in [0.3, 0.4) is 0 Å². The van der Waals surface area contributed by atoms with E-state index in [1.807, 2.05) is 51.1 Å². The zero-order valence-corrected chi connectivity index (χ0v) is 35.7. The molecule has 0 unspecified atom stereocenters. The molecule has 3 fully saturated rings. The van der Waals surface area contributed by atoms with Gasteiger partial charge in [0.1, 0.15) is 35.2 Å². The molecule has 3 N–H and O–H groups in total. The fourth-order valence-corrected chi connectivity index (χ4v) is 10.2. The number of benzene rings is 1. The highest BCUT2D eigenvalue weighted by atomic mass is 32.2. The zero-order chi connectivity index (χ0) is 42.1. The summed E-state index contributed by atoms with van der Waals surface area (Å²) in [6, 6.07) is 6.75. The summed E-state index contributed by atoms with van der Waals surface area (Å²) in [5.41, 5.74) is -0.139. The Hall–Kier alpha value is -4.74. The minimum absolute atomic E-state index is 0.0157. The van der Waals surface area contributed by atoms with Crippen molar-refractivity contribution in [3.8, 4) is 17.4 Å². The number of methoxy groups -OCH3 is 2. The lowest BCUT2D eigenvalue weighted by atomic mass is 10.0. The van der Waals surface area contributed by atoms with E-state index in [2.05, 4.69) is 15.4 Å². The monoisotopic (exact) mass is 851 g/mol. The van der Waals surface area contributed by atoms with Crippen molar-refractivity contribution in [1.29, 1.82) is 0 Å². The number of rotatable bonds is 12. The van der Waals surface area contributed by atoms with Crippen molar-refractivity contribution in [2.45, 2.75) is 120 Å². The van der Waals surface area contributed by atoms with Gasteiger partial charge < -0.3 is 34.5 Å². The smallest absolute Gasteiger partial charge is 0.262 e. The van der Waals surface area contributed by atoms with Crippen LogP contribution in [0, 0.1) is 12.8 Å². The number of aromatic nitrogens is 1.